The first-order valence-corrected chi connectivity index (χ1v) is 8.25. The van der Waals surface area contributed by atoms with Crippen LogP contribution in [0.2, 0.25) is 5.02 Å². The number of amides is 1. The van der Waals surface area contributed by atoms with Crippen molar-refractivity contribution in [1.29, 1.82) is 0 Å². The Morgan fingerprint density at radius 3 is 2.80 bits per heavy atom. The van der Waals surface area contributed by atoms with Crippen LogP contribution in [0.15, 0.2) is 48.5 Å². The molecule has 2 aromatic carbocycles. The van der Waals surface area contributed by atoms with Crippen molar-refractivity contribution in [3.8, 4) is 5.75 Å². The van der Waals surface area contributed by atoms with Crippen LogP contribution in [0.25, 0.3) is 5.57 Å². The third-order valence-electron chi connectivity index (χ3n) is 4.09. The molecule has 0 radical (unpaired) electrons. The van der Waals surface area contributed by atoms with Crippen LogP contribution in [0.1, 0.15) is 17.5 Å². The molecule has 4 nitrogen and oxygen atoms in total. The number of halogens is 2. The van der Waals surface area contributed by atoms with E-state index >= 15 is 0 Å². The number of nitrogens with zero attached hydrogens (tertiary/aromatic N) is 1. The van der Waals surface area contributed by atoms with E-state index in [1.54, 1.807) is 12.1 Å². The molecule has 0 bridgehead atoms. The quantitative estimate of drug-likeness (QED) is 0.848. The molecule has 25 heavy (non-hydrogen) atoms. The van der Waals surface area contributed by atoms with Crippen molar-refractivity contribution < 1.29 is 19.0 Å². The van der Waals surface area contributed by atoms with Crippen LogP contribution in [0, 0.1) is 5.82 Å². The number of carbonyl (C=O) groups is 1. The Labute approximate surface area is 150 Å². The zero-order valence-electron chi connectivity index (χ0n) is 13.4. The smallest absolute Gasteiger partial charge is 0.407 e. The molecule has 0 saturated carbocycles. The molecule has 0 unspecified atom stereocenters. The third kappa shape index (κ3) is 4.31. The van der Waals surface area contributed by atoms with Crippen molar-refractivity contribution in [2.24, 2.45) is 0 Å². The zero-order chi connectivity index (χ0) is 17.8. The fraction of sp³-hybridized carbons (Fsp3) is 0.211. The fourth-order valence-electron chi connectivity index (χ4n) is 2.69. The van der Waals surface area contributed by atoms with E-state index in [0.29, 0.717) is 35.8 Å². The summed E-state index contributed by atoms with van der Waals surface area (Å²) in [5, 5.41) is 9.34. The lowest BCUT2D eigenvalue weighted by Gasteiger charge is -2.24. The number of rotatable bonds is 4. The molecular weight excluding hydrogens is 345 g/mol. The Bertz CT molecular complexity index is 822. The molecule has 1 aliphatic rings. The number of ether oxygens (including phenoxy) is 1. The van der Waals surface area contributed by atoms with Crippen LogP contribution < -0.4 is 4.74 Å². The first-order valence-electron chi connectivity index (χ1n) is 7.87. The second kappa shape index (κ2) is 7.57. The third-order valence-corrected chi connectivity index (χ3v) is 4.33. The van der Waals surface area contributed by atoms with Gasteiger partial charge in [-0.2, -0.15) is 0 Å². The summed E-state index contributed by atoms with van der Waals surface area (Å²) in [6.07, 6.45) is 1.66. The van der Waals surface area contributed by atoms with Crippen LogP contribution in [-0.2, 0) is 6.61 Å². The Morgan fingerprint density at radius 1 is 1.28 bits per heavy atom. The zero-order valence-corrected chi connectivity index (χ0v) is 14.2. The summed E-state index contributed by atoms with van der Waals surface area (Å²) in [5.74, 6) is 0.237. The van der Waals surface area contributed by atoms with Crippen molar-refractivity contribution in [3.05, 3.63) is 70.5 Å². The van der Waals surface area contributed by atoms with Gasteiger partial charge in [-0.3, -0.25) is 0 Å². The maximum Gasteiger partial charge on any atom is 0.407 e. The second-order valence-corrected chi connectivity index (χ2v) is 6.20. The van der Waals surface area contributed by atoms with Gasteiger partial charge >= 0.3 is 6.09 Å². The number of hydrogen-bond donors (Lipinski definition) is 1. The SMILES string of the molecule is O=C(O)N1CC=C(c2cccc(OCc3ccc(Cl)cc3F)c2)CC1. The molecular formula is C19H17ClFNO3. The molecule has 0 aliphatic carbocycles. The van der Waals surface area contributed by atoms with Crippen molar-refractivity contribution in [1.82, 2.24) is 4.90 Å². The van der Waals surface area contributed by atoms with E-state index in [2.05, 4.69) is 0 Å². The summed E-state index contributed by atoms with van der Waals surface area (Å²) in [4.78, 5) is 12.3. The summed E-state index contributed by atoms with van der Waals surface area (Å²) in [5.41, 5.74) is 2.50. The van der Waals surface area contributed by atoms with Gasteiger partial charge in [-0.05, 0) is 41.8 Å². The normalized spacial score (nSPS) is 14.2. The molecule has 130 valence electrons. The summed E-state index contributed by atoms with van der Waals surface area (Å²) >= 11 is 5.74. The minimum atomic E-state index is -0.905. The minimum Gasteiger partial charge on any atom is -0.489 e. The summed E-state index contributed by atoms with van der Waals surface area (Å²) in [7, 11) is 0. The molecule has 0 saturated heterocycles. The molecule has 0 fully saturated rings. The highest BCUT2D eigenvalue weighted by molar-refractivity contribution is 6.30. The maximum absolute atomic E-state index is 13.8. The van der Waals surface area contributed by atoms with Crippen LogP contribution in [-0.4, -0.2) is 29.2 Å². The van der Waals surface area contributed by atoms with Gasteiger partial charge in [-0.1, -0.05) is 35.9 Å². The summed E-state index contributed by atoms with van der Waals surface area (Å²) < 4.78 is 19.5. The van der Waals surface area contributed by atoms with Crippen molar-refractivity contribution in [2.45, 2.75) is 13.0 Å². The van der Waals surface area contributed by atoms with Crippen molar-refractivity contribution in [3.63, 3.8) is 0 Å². The minimum absolute atomic E-state index is 0.109. The number of benzene rings is 2. The van der Waals surface area contributed by atoms with E-state index in [-0.39, 0.29) is 6.61 Å². The van der Waals surface area contributed by atoms with E-state index in [1.807, 2.05) is 30.3 Å². The van der Waals surface area contributed by atoms with Crippen LogP contribution in [0.5, 0.6) is 5.75 Å². The molecule has 1 N–H and O–H groups in total. The van der Waals surface area contributed by atoms with Crippen LogP contribution in [0.4, 0.5) is 9.18 Å². The Morgan fingerprint density at radius 2 is 2.12 bits per heavy atom. The first kappa shape index (κ1) is 17.3. The molecule has 1 amide bonds. The molecule has 6 heteroatoms. The average molecular weight is 362 g/mol. The lowest BCUT2D eigenvalue weighted by molar-refractivity contribution is 0.150. The van der Waals surface area contributed by atoms with Gasteiger partial charge in [-0.25, -0.2) is 9.18 Å². The van der Waals surface area contributed by atoms with Gasteiger partial charge in [0.25, 0.3) is 0 Å². The predicted molar refractivity (Wildman–Crippen MR) is 94.4 cm³/mol. The molecule has 1 heterocycles. The highest BCUT2D eigenvalue weighted by atomic mass is 35.5. The van der Waals surface area contributed by atoms with E-state index in [0.717, 1.165) is 11.1 Å². The number of hydrogen-bond acceptors (Lipinski definition) is 2. The van der Waals surface area contributed by atoms with Gasteiger partial charge in [0.15, 0.2) is 0 Å². The van der Waals surface area contributed by atoms with E-state index in [1.165, 1.54) is 11.0 Å². The highest BCUT2D eigenvalue weighted by Crippen LogP contribution is 2.26. The maximum atomic E-state index is 13.8. The molecule has 2 aromatic rings. The second-order valence-electron chi connectivity index (χ2n) is 5.76. The number of carboxylic acid groups (broad SMARTS) is 1. The lowest BCUT2D eigenvalue weighted by atomic mass is 9.99. The average Bonchev–Trinajstić information content (AvgIpc) is 2.61. The monoisotopic (exact) mass is 361 g/mol. The molecule has 0 atom stereocenters. The molecule has 1 aliphatic heterocycles. The van der Waals surface area contributed by atoms with Gasteiger partial charge in [0, 0.05) is 23.7 Å². The van der Waals surface area contributed by atoms with Crippen molar-refractivity contribution >= 4 is 23.3 Å². The highest BCUT2D eigenvalue weighted by Gasteiger charge is 2.17. The topological polar surface area (TPSA) is 49.8 Å². The largest absolute Gasteiger partial charge is 0.489 e. The van der Waals surface area contributed by atoms with E-state index in [4.69, 9.17) is 21.4 Å². The summed E-state index contributed by atoms with van der Waals surface area (Å²) in [6.45, 7) is 0.965. The van der Waals surface area contributed by atoms with E-state index in [9.17, 15) is 9.18 Å². The van der Waals surface area contributed by atoms with Gasteiger partial charge in [0.05, 0.1) is 0 Å². The fourth-order valence-corrected chi connectivity index (χ4v) is 2.85. The Kier molecular flexibility index (Phi) is 5.24. The Balaban J connectivity index is 1.68. The first-order chi connectivity index (χ1) is 12.0. The van der Waals surface area contributed by atoms with Gasteiger partial charge in [0.1, 0.15) is 18.2 Å². The van der Waals surface area contributed by atoms with Crippen LogP contribution >= 0.6 is 11.6 Å². The summed E-state index contributed by atoms with van der Waals surface area (Å²) in [6, 6.07) is 12.0. The van der Waals surface area contributed by atoms with Gasteiger partial charge in [0.2, 0.25) is 0 Å². The van der Waals surface area contributed by atoms with Gasteiger partial charge < -0.3 is 14.7 Å². The predicted octanol–water partition coefficient (Wildman–Crippen LogP) is 4.83. The van der Waals surface area contributed by atoms with E-state index < -0.39 is 11.9 Å². The molecule has 3 rings (SSSR count). The van der Waals surface area contributed by atoms with Crippen LogP contribution in [0.3, 0.4) is 0 Å². The Hall–Kier alpha value is -2.53. The van der Waals surface area contributed by atoms with Crippen molar-refractivity contribution in [2.75, 3.05) is 13.1 Å². The molecule has 0 aromatic heterocycles. The van der Waals surface area contributed by atoms with Gasteiger partial charge in [-0.15, -0.1) is 0 Å². The molecule has 0 spiro atoms. The standard InChI is InChI=1S/C19H17ClFNO3/c20-16-5-4-15(18(21)11-16)12-25-17-3-1-2-14(10-17)13-6-8-22(9-7-13)19(23)24/h1-6,10-11H,7-9,12H2,(H,23,24). The lowest BCUT2D eigenvalue weighted by Crippen LogP contribution is -2.33.